The lowest BCUT2D eigenvalue weighted by atomic mass is 9.86. The molecule has 1 heterocycles. The van der Waals surface area contributed by atoms with E-state index in [0.717, 1.165) is 25.8 Å². The molecule has 0 aromatic heterocycles. The van der Waals surface area contributed by atoms with Gasteiger partial charge in [0.15, 0.2) is 0 Å². The number of ether oxygens (including phenoxy) is 1. The molecule has 0 radical (unpaired) electrons. The van der Waals surface area contributed by atoms with Crippen LogP contribution in [-0.2, 0) is 4.74 Å². The van der Waals surface area contributed by atoms with Crippen molar-refractivity contribution >= 4 is 6.09 Å². The minimum absolute atomic E-state index is 0.145. The Labute approximate surface area is 142 Å². The molecule has 0 spiro atoms. The van der Waals surface area contributed by atoms with Crippen LogP contribution in [0.3, 0.4) is 0 Å². The van der Waals surface area contributed by atoms with Crippen LogP contribution in [0.15, 0.2) is 0 Å². The second kappa shape index (κ2) is 7.00. The summed E-state index contributed by atoms with van der Waals surface area (Å²) in [6.45, 7) is 13.6. The Balaban J connectivity index is 1.87. The van der Waals surface area contributed by atoms with E-state index in [1.807, 2.05) is 25.7 Å². The molecular weight excluding hydrogens is 288 g/mol. The number of amides is 1. The van der Waals surface area contributed by atoms with E-state index < -0.39 is 5.60 Å². The molecule has 4 nitrogen and oxygen atoms in total. The zero-order chi connectivity index (χ0) is 17.3. The van der Waals surface area contributed by atoms with Crippen LogP contribution in [0.2, 0.25) is 0 Å². The third-order valence-electron chi connectivity index (χ3n) is 5.37. The lowest BCUT2D eigenvalue weighted by Crippen LogP contribution is -2.46. The van der Waals surface area contributed by atoms with Gasteiger partial charge in [0.1, 0.15) is 5.60 Å². The molecule has 2 aliphatic rings. The van der Waals surface area contributed by atoms with Gasteiger partial charge in [-0.15, -0.1) is 0 Å². The predicted octanol–water partition coefficient (Wildman–Crippen LogP) is 4.33. The third-order valence-corrected chi connectivity index (χ3v) is 5.37. The molecule has 1 saturated carbocycles. The molecular formula is C19H36N2O2. The van der Waals surface area contributed by atoms with Crippen LogP contribution >= 0.6 is 0 Å². The molecule has 134 valence electrons. The number of carbonyl (C=O) groups is 1. The van der Waals surface area contributed by atoms with E-state index in [1.165, 1.54) is 19.3 Å². The summed E-state index contributed by atoms with van der Waals surface area (Å²) in [5, 5.41) is 3.82. The van der Waals surface area contributed by atoms with Gasteiger partial charge in [0.25, 0.3) is 0 Å². The summed E-state index contributed by atoms with van der Waals surface area (Å²) in [4.78, 5) is 14.3. The van der Waals surface area contributed by atoms with Gasteiger partial charge in [-0.05, 0) is 65.2 Å². The lowest BCUT2D eigenvalue weighted by Gasteiger charge is -2.34. The van der Waals surface area contributed by atoms with Gasteiger partial charge < -0.3 is 15.0 Å². The van der Waals surface area contributed by atoms with Crippen molar-refractivity contribution in [3.8, 4) is 0 Å². The van der Waals surface area contributed by atoms with Crippen LogP contribution in [0.25, 0.3) is 0 Å². The lowest BCUT2D eigenvalue weighted by molar-refractivity contribution is 0.0212. The molecule has 1 amide bonds. The van der Waals surface area contributed by atoms with Gasteiger partial charge in [-0.2, -0.15) is 0 Å². The van der Waals surface area contributed by atoms with Crippen molar-refractivity contribution in [2.24, 2.45) is 5.41 Å². The molecule has 0 bridgehead atoms. The number of carbonyl (C=O) groups excluding carboxylic acids is 1. The minimum Gasteiger partial charge on any atom is -0.444 e. The normalized spacial score (nSPS) is 28.9. The maximum absolute atomic E-state index is 12.4. The number of hydrogen-bond acceptors (Lipinski definition) is 3. The highest BCUT2D eigenvalue weighted by molar-refractivity contribution is 5.68. The van der Waals surface area contributed by atoms with Gasteiger partial charge >= 0.3 is 6.09 Å². The molecule has 1 saturated heterocycles. The number of rotatable bonds is 4. The van der Waals surface area contributed by atoms with E-state index in [-0.39, 0.29) is 6.09 Å². The Morgan fingerprint density at radius 3 is 2.57 bits per heavy atom. The first-order valence-corrected chi connectivity index (χ1v) is 9.34. The standard InChI is InChI=1S/C19H36N2O2/c1-14(20-16-10-7-11-19(16,5)6)13-15-9-8-12-21(15)17(22)23-18(2,3)4/h14-16,20H,7-13H2,1-6H3. The first-order chi connectivity index (χ1) is 10.6. The fraction of sp³-hybridized carbons (Fsp3) is 0.947. The maximum atomic E-state index is 12.4. The molecule has 0 aromatic carbocycles. The summed E-state index contributed by atoms with van der Waals surface area (Å²) in [5.41, 5.74) is -0.0171. The first-order valence-electron chi connectivity index (χ1n) is 9.34. The van der Waals surface area contributed by atoms with Gasteiger partial charge in [-0.3, -0.25) is 0 Å². The first kappa shape index (κ1) is 18.6. The van der Waals surface area contributed by atoms with Crippen molar-refractivity contribution in [1.29, 1.82) is 0 Å². The van der Waals surface area contributed by atoms with Crippen LogP contribution in [0.5, 0.6) is 0 Å². The van der Waals surface area contributed by atoms with Gasteiger partial charge in [0.05, 0.1) is 0 Å². The maximum Gasteiger partial charge on any atom is 0.410 e. The van der Waals surface area contributed by atoms with Crippen LogP contribution in [0.1, 0.15) is 80.1 Å². The molecule has 0 aromatic rings. The Kier molecular flexibility index (Phi) is 5.65. The largest absolute Gasteiger partial charge is 0.444 e. The SMILES string of the molecule is CC(CC1CCCN1C(=O)OC(C)(C)C)NC1CCCC1(C)C. The highest BCUT2D eigenvalue weighted by Crippen LogP contribution is 2.37. The zero-order valence-electron chi connectivity index (χ0n) is 15.9. The molecule has 3 atom stereocenters. The third kappa shape index (κ3) is 5.10. The van der Waals surface area contributed by atoms with Crippen LogP contribution in [0, 0.1) is 5.41 Å². The molecule has 23 heavy (non-hydrogen) atoms. The highest BCUT2D eigenvalue weighted by atomic mass is 16.6. The molecule has 3 unspecified atom stereocenters. The van der Waals surface area contributed by atoms with Gasteiger partial charge in [0, 0.05) is 24.7 Å². The van der Waals surface area contributed by atoms with Crippen LogP contribution in [0.4, 0.5) is 4.79 Å². The molecule has 4 heteroatoms. The van der Waals surface area contributed by atoms with Crippen molar-refractivity contribution < 1.29 is 9.53 Å². The van der Waals surface area contributed by atoms with E-state index >= 15 is 0 Å². The van der Waals surface area contributed by atoms with E-state index in [0.29, 0.717) is 23.5 Å². The monoisotopic (exact) mass is 324 g/mol. The summed E-state index contributed by atoms with van der Waals surface area (Å²) in [5.74, 6) is 0. The smallest absolute Gasteiger partial charge is 0.410 e. The Hall–Kier alpha value is -0.770. The topological polar surface area (TPSA) is 41.6 Å². The second-order valence-corrected chi connectivity index (χ2v) is 9.21. The van der Waals surface area contributed by atoms with Crippen LogP contribution in [-0.4, -0.2) is 41.3 Å². The average Bonchev–Trinajstić information content (AvgIpc) is 2.95. The fourth-order valence-electron chi connectivity index (χ4n) is 4.10. The van der Waals surface area contributed by atoms with E-state index in [1.54, 1.807) is 0 Å². The minimum atomic E-state index is -0.415. The Morgan fingerprint density at radius 1 is 1.30 bits per heavy atom. The van der Waals surface area contributed by atoms with Gasteiger partial charge in [-0.1, -0.05) is 20.3 Å². The number of nitrogens with one attached hydrogen (secondary N) is 1. The second-order valence-electron chi connectivity index (χ2n) is 9.21. The van der Waals surface area contributed by atoms with Crippen molar-refractivity contribution in [2.75, 3.05) is 6.54 Å². The van der Waals surface area contributed by atoms with Gasteiger partial charge in [-0.25, -0.2) is 4.79 Å². The molecule has 1 aliphatic heterocycles. The summed E-state index contributed by atoms with van der Waals surface area (Å²) in [6.07, 6.45) is 6.97. The summed E-state index contributed by atoms with van der Waals surface area (Å²) < 4.78 is 5.57. The molecule has 2 fully saturated rings. The summed E-state index contributed by atoms with van der Waals surface area (Å²) in [7, 11) is 0. The highest BCUT2D eigenvalue weighted by Gasteiger charge is 2.37. The Morgan fingerprint density at radius 2 is 2.00 bits per heavy atom. The summed E-state index contributed by atoms with van der Waals surface area (Å²) >= 11 is 0. The molecule has 2 rings (SSSR count). The van der Waals surface area contributed by atoms with E-state index in [9.17, 15) is 4.79 Å². The molecule has 1 aliphatic carbocycles. The fourth-order valence-corrected chi connectivity index (χ4v) is 4.10. The number of likely N-dealkylation sites (tertiary alicyclic amines) is 1. The predicted molar refractivity (Wildman–Crippen MR) is 94.6 cm³/mol. The Bertz CT molecular complexity index is 414. The molecule has 1 N–H and O–H groups in total. The van der Waals surface area contributed by atoms with Crippen LogP contribution < -0.4 is 5.32 Å². The van der Waals surface area contributed by atoms with Crippen molar-refractivity contribution in [3.63, 3.8) is 0 Å². The van der Waals surface area contributed by atoms with Gasteiger partial charge in [0.2, 0.25) is 0 Å². The zero-order valence-corrected chi connectivity index (χ0v) is 15.9. The summed E-state index contributed by atoms with van der Waals surface area (Å²) in [6, 6.07) is 1.36. The van der Waals surface area contributed by atoms with E-state index in [2.05, 4.69) is 26.1 Å². The average molecular weight is 325 g/mol. The van der Waals surface area contributed by atoms with Crippen molar-refractivity contribution in [1.82, 2.24) is 10.2 Å². The van der Waals surface area contributed by atoms with Crippen molar-refractivity contribution in [2.45, 2.75) is 104 Å². The quantitative estimate of drug-likeness (QED) is 0.836. The number of nitrogens with zero attached hydrogens (tertiary/aromatic N) is 1. The van der Waals surface area contributed by atoms with Crippen molar-refractivity contribution in [3.05, 3.63) is 0 Å². The van der Waals surface area contributed by atoms with E-state index in [4.69, 9.17) is 4.74 Å². The number of hydrogen-bond donors (Lipinski definition) is 1.